The highest BCUT2D eigenvalue weighted by atomic mass is 19.3. The van der Waals surface area contributed by atoms with Crippen LogP contribution in [0.15, 0.2) is 42.7 Å². The molecule has 0 unspecified atom stereocenters. The zero-order valence-electron chi connectivity index (χ0n) is 25.9. The molecule has 2 saturated heterocycles. The molecule has 47 heavy (non-hydrogen) atoms. The van der Waals surface area contributed by atoms with Gasteiger partial charge in [-0.15, -0.1) is 5.10 Å². The summed E-state index contributed by atoms with van der Waals surface area (Å²) >= 11 is 0. The SMILES string of the molecule is CNc1cc(N2CCc3c(-c4ncc(CN5CC6(CCNCC6(F)F)C5)cc4F)cccc32)nn2c(C(=O)N[C@@H]3CC[C@H]3F)cnc12. The van der Waals surface area contributed by atoms with Crippen molar-refractivity contribution in [3.05, 3.63) is 65.4 Å². The Morgan fingerprint density at radius 3 is 2.72 bits per heavy atom. The summed E-state index contributed by atoms with van der Waals surface area (Å²) < 4.78 is 60.1. The Morgan fingerprint density at radius 2 is 2.00 bits per heavy atom. The zero-order chi connectivity index (χ0) is 32.5. The summed E-state index contributed by atoms with van der Waals surface area (Å²) in [6.07, 6.45) is 4.08. The van der Waals surface area contributed by atoms with Crippen LogP contribution in [0.3, 0.4) is 0 Å². The highest BCUT2D eigenvalue weighted by molar-refractivity contribution is 5.94. The van der Waals surface area contributed by atoms with E-state index < -0.39 is 35.3 Å². The Balaban J connectivity index is 1.04. The number of aromatic nitrogens is 4. The topological polar surface area (TPSA) is 103 Å². The molecule has 3 aromatic heterocycles. The number of hydrogen-bond acceptors (Lipinski definition) is 8. The fourth-order valence-corrected chi connectivity index (χ4v) is 7.46. The minimum atomic E-state index is -2.75. The first-order chi connectivity index (χ1) is 22.7. The molecule has 4 aliphatic rings. The molecule has 1 spiro atoms. The summed E-state index contributed by atoms with van der Waals surface area (Å²) in [6, 6.07) is 8.43. The first kappa shape index (κ1) is 30.1. The van der Waals surface area contributed by atoms with Crippen LogP contribution >= 0.6 is 0 Å². The molecule has 3 fully saturated rings. The van der Waals surface area contributed by atoms with Gasteiger partial charge in [-0.25, -0.2) is 27.1 Å². The summed E-state index contributed by atoms with van der Waals surface area (Å²) in [5, 5.41) is 13.4. The predicted molar refractivity (Wildman–Crippen MR) is 168 cm³/mol. The fourth-order valence-electron chi connectivity index (χ4n) is 7.46. The molecule has 1 aliphatic carbocycles. The average molecular weight is 650 g/mol. The van der Waals surface area contributed by atoms with Gasteiger partial charge in [-0.1, -0.05) is 12.1 Å². The van der Waals surface area contributed by atoms with Crippen molar-refractivity contribution in [3.8, 4) is 11.3 Å². The number of fused-ring (bicyclic) bond motifs is 2. The number of imidazole rings is 1. The van der Waals surface area contributed by atoms with E-state index in [2.05, 4.69) is 25.9 Å². The second-order valence-electron chi connectivity index (χ2n) is 13.2. The lowest BCUT2D eigenvalue weighted by atomic mass is 9.69. The Labute approximate surface area is 268 Å². The zero-order valence-corrected chi connectivity index (χ0v) is 25.9. The third kappa shape index (κ3) is 4.91. The van der Waals surface area contributed by atoms with Crippen molar-refractivity contribution in [2.45, 2.75) is 50.4 Å². The molecule has 3 N–H and O–H groups in total. The van der Waals surface area contributed by atoms with E-state index in [0.717, 1.165) is 11.3 Å². The monoisotopic (exact) mass is 649 g/mol. The van der Waals surface area contributed by atoms with E-state index in [4.69, 9.17) is 5.10 Å². The van der Waals surface area contributed by atoms with Crippen LogP contribution in [0, 0.1) is 11.2 Å². The Kier molecular flexibility index (Phi) is 7.13. The molecule has 2 atom stereocenters. The number of benzene rings is 1. The van der Waals surface area contributed by atoms with E-state index >= 15 is 4.39 Å². The molecule has 8 rings (SSSR count). The van der Waals surface area contributed by atoms with Gasteiger partial charge < -0.3 is 20.9 Å². The van der Waals surface area contributed by atoms with Gasteiger partial charge in [-0.05, 0) is 55.5 Å². The molecular formula is C33H35F4N9O. The van der Waals surface area contributed by atoms with Gasteiger partial charge in [0.15, 0.2) is 17.2 Å². The van der Waals surface area contributed by atoms with Crippen LogP contribution < -0.4 is 20.9 Å². The number of nitrogens with zero attached hydrogens (tertiary/aromatic N) is 6. The lowest BCUT2D eigenvalue weighted by molar-refractivity contribution is -0.205. The van der Waals surface area contributed by atoms with Crippen LogP contribution in [0.25, 0.3) is 16.9 Å². The second-order valence-corrected chi connectivity index (χ2v) is 13.2. The van der Waals surface area contributed by atoms with Crippen LogP contribution in [-0.2, 0) is 13.0 Å². The van der Waals surface area contributed by atoms with Gasteiger partial charge in [0.2, 0.25) is 0 Å². The van der Waals surface area contributed by atoms with Gasteiger partial charge in [0.25, 0.3) is 11.8 Å². The minimum Gasteiger partial charge on any atom is -0.385 e. The molecule has 10 nitrogen and oxygen atoms in total. The third-order valence-corrected chi connectivity index (χ3v) is 10.3. The van der Waals surface area contributed by atoms with Gasteiger partial charge in [0.05, 0.1) is 29.9 Å². The van der Waals surface area contributed by atoms with Gasteiger partial charge in [-0.2, -0.15) is 0 Å². The average Bonchev–Trinajstić information content (AvgIpc) is 3.67. The van der Waals surface area contributed by atoms with Gasteiger partial charge in [-0.3, -0.25) is 14.7 Å². The number of carbonyl (C=O) groups excluding carboxylic acids is 1. The molecule has 0 radical (unpaired) electrons. The van der Waals surface area contributed by atoms with Crippen molar-refractivity contribution < 1.29 is 22.4 Å². The number of anilines is 3. The van der Waals surface area contributed by atoms with Crippen LogP contribution in [0.1, 0.15) is 40.9 Å². The van der Waals surface area contributed by atoms with Gasteiger partial charge in [0, 0.05) is 56.7 Å². The number of hydrogen-bond donors (Lipinski definition) is 3. The summed E-state index contributed by atoms with van der Waals surface area (Å²) in [7, 11) is 1.76. The first-order valence-corrected chi connectivity index (χ1v) is 16.0. The smallest absolute Gasteiger partial charge is 0.271 e. The van der Waals surface area contributed by atoms with Crippen molar-refractivity contribution in [1.29, 1.82) is 0 Å². The van der Waals surface area contributed by atoms with Gasteiger partial charge in [0.1, 0.15) is 17.7 Å². The number of halogens is 4. The predicted octanol–water partition coefficient (Wildman–Crippen LogP) is 4.33. The molecule has 246 valence electrons. The van der Waals surface area contributed by atoms with E-state index in [1.807, 2.05) is 34.1 Å². The molecule has 1 aromatic carbocycles. The molecule has 0 bridgehead atoms. The summed E-state index contributed by atoms with van der Waals surface area (Å²) in [6.45, 7) is 1.78. The van der Waals surface area contributed by atoms with E-state index in [1.54, 1.807) is 13.2 Å². The van der Waals surface area contributed by atoms with Crippen molar-refractivity contribution in [3.63, 3.8) is 0 Å². The summed E-state index contributed by atoms with van der Waals surface area (Å²) in [4.78, 5) is 25.9. The van der Waals surface area contributed by atoms with E-state index in [1.165, 1.54) is 16.8 Å². The van der Waals surface area contributed by atoms with E-state index in [0.29, 0.717) is 73.6 Å². The number of rotatable bonds is 7. The van der Waals surface area contributed by atoms with Crippen molar-refractivity contribution in [2.75, 3.05) is 50.0 Å². The number of alkyl halides is 3. The maximum Gasteiger partial charge on any atom is 0.271 e. The van der Waals surface area contributed by atoms with Gasteiger partial charge >= 0.3 is 0 Å². The van der Waals surface area contributed by atoms with Crippen LogP contribution in [0.5, 0.6) is 0 Å². The highest BCUT2D eigenvalue weighted by Crippen LogP contribution is 2.49. The number of likely N-dealkylation sites (tertiary alicyclic amines) is 1. The summed E-state index contributed by atoms with van der Waals surface area (Å²) in [5.74, 6) is -3.10. The van der Waals surface area contributed by atoms with Crippen LogP contribution in [0.4, 0.5) is 34.8 Å². The summed E-state index contributed by atoms with van der Waals surface area (Å²) in [5.41, 5.74) is 3.62. The van der Waals surface area contributed by atoms with Crippen molar-refractivity contribution in [2.24, 2.45) is 5.41 Å². The lowest BCUT2D eigenvalue weighted by Gasteiger charge is -2.56. The Morgan fingerprint density at radius 1 is 1.15 bits per heavy atom. The number of carbonyl (C=O) groups is 1. The van der Waals surface area contributed by atoms with Crippen molar-refractivity contribution in [1.82, 2.24) is 35.1 Å². The van der Waals surface area contributed by atoms with E-state index in [9.17, 15) is 18.0 Å². The normalized spacial score (nSPS) is 23.0. The highest BCUT2D eigenvalue weighted by Gasteiger charge is 2.60. The molecule has 1 saturated carbocycles. The van der Waals surface area contributed by atoms with E-state index in [-0.39, 0.29) is 31.0 Å². The Hall–Kier alpha value is -4.30. The lowest BCUT2D eigenvalue weighted by Crippen LogP contribution is -2.69. The fraction of sp³-hybridized carbons (Fsp3) is 0.455. The van der Waals surface area contributed by atoms with Crippen molar-refractivity contribution >= 4 is 28.7 Å². The number of piperidine rings is 1. The number of nitrogens with one attached hydrogen (secondary N) is 3. The maximum absolute atomic E-state index is 15.7. The van der Waals surface area contributed by atoms with Crippen LogP contribution in [0.2, 0.25) is 0 Å². The standard InChI is InChI=1S/C33H35F4N9O/c1-38-25-12-28(43-46-27(14-41-30(25)46)31(47)42-24-6-5-22(24)34)45-10-7-20-21(3-2-4-26(20)45)29-23(35)11-19(13-40-29)15-44-17-32(18-44)8-9-39-16-33(32,36)37/h2-4,11-14,22,24,38-39H,5-10,15-18H2,1H3,(H,42,47)/t22-,24-/m1/s1. The minimum absolute atomic E-state index is 0.204. The largest absolute Gasteiger partial charge is 0.385 e. The van der Waals surface area contributed by atoms with Crippen LogP contribution in [-0.4, -0.2) is 88.3 Å². The molecule has 3 aliphatic heterocycles. The maximum atomic E-state index is 15.7. The third-order valence-electron chi connectivity index (χ3n) is 10.3. The Bertz CT molecular complexity index is 1870. The first-order valence-electron chi connectivity index (χ1n) is 16.0. The quantitative estimate of drug-likeness (QED) is 0.255. The molecular weight excluding hydrogens is 614 g/mol. The second kappa shape index (κ2) is 11.2. The number of amides is 1. The molecule has 14 heteroatoms. The molecule has 6 heterocycles. The molecule has 1 amide bonds. The molecule has 4 aromatic rings. The number of pyridine rings is 1.